The lowest BCUT2D eigenvalue weighted by Gasteiger charge is -2.34. The third-order valence-corrected chi connectivity index (χ3v) is 10.7. The third-order valence-electron chi connectivity index (χ3n) is 10.7. The van der Waals surface area contributed by atoms with Crippen molar-refractivity contribution in [3.63, 3.8) is 0 Å². The summed E-state index contributed by atoms with van der Waals surface area (Å²) in [7, 11) is 2.07. The lowest BCUT2D eigenvalue weighted by molar-refractivity contribution is 0.0819. The number of nitrogens with zero attached hydrogens (tertiary/aromatic N) is 6. The zero-order chi connectivity index (χ0) is 32.0. The van der Waals surface area contributed by atoms with Gasteiger partial charge in [0.25, 0.3) is 0 Å². The van der Waals surface area contributed by atoms with Gasteiger partial charge < -0.3 is 24.6 Å². The fourth-order valence-electron chi connectivity index (χ4n) is 8.50. The van der Waals surface area contributed by atoms with Crippen molar-refractivity contribution in [1.29, 1.82) is 0 Å². The van der Waals surface area contributed by atoms with Crippen LogP contribution in [0.2, 0.25) is 0 Å². The molecule has 11 heteroatoms. The number of hydrogen-bond donors (Lipinski definition) is 2. The van der Waals surface area contributed by atoms with Gasteiger partial charge in [0.1, 0.15) is 35.2 Å². The number of fused-ring (bicyclic) bond motifs is 7. The molecule has 238 valence electrons. The first-order valence-electron chi connectivity index (χ1n) is 16.1. The molecule has 9 rings (SSSR count). The van der Waals surface area contributed by atoms with Crippen LogP contribution in [-0.2, 0) is 19.1 Å². The van der Waals surface area contributed by atoms with Crippen LogP contribution in [0.15, 0.2) is 42.7 Å². The summed E-state index contributed by atoms with van der Waals surface area (Å²) in [6, 6.07) is 8.48. The quantitative estimate of drug-likeness (QED) is 0.262. The molecule has 3 fully saturated rings. The summed E-state index contributed by atoms with van der Waals surface area (Å²) in [6.07, 6.45) is 13.5. The molecule has 4 aliphatic rings. The average molecular weight is 634 g/mol. The molecule has 0 amide bonds. The fourth-order valence-corrected chi connectivity index (χ4v) is 8.50. The monoisotopic (exact) mass is 633 g/mol. The van der Waals surface area contributed by atoms with Crippen LogP contribution in [0.4, 0.5) is 14.6 Å². The molecule has 0 spiro atoms. The molecule has 5 aromatic rings. The van der Waals surface area contributed by atoms with Crippen molar-refractivity contribution < 1.29 is 18.6 Å². The highest BCUT2D eigenvalue weighted by Gasteiger charge is 2.50. The predicted molar refractivity (Wildman–Crippen MR) is 174 cm³/mol. The maximum Gasteiger partial charge on any atom is 0.319 e. The first-order chi connectivity index (χ1) is 22.8. The summed E-state index contributed by atoms with van der Waals surface area (Å²) in [6.45, 7) is 3.62. The molecule has 3 atom stereocenters. The van der Waals surface area contributed by atoms with Gasteiger partial charge in [-0.15, -0.1) is 6.42 Å². The second-order valence-electron chi connectivity index (χ2n) is 13.3. The lowest BCUT2D eigenvalue weighted by atomic mass is 9.91. The molecule has 47 heavy (non-hydrogen) atoms. The second-order valence-corrected chi connectivity index (χ2v) is 13.3. The number of halogens is 2. The Bertz CT molecular complexity index is 2150. The van der Waals surface area contributed by atoms with Crippen LogP contribution in [0.5, 0.6) is 11.8 Å². The van der Waals surface area contributed by atoms with Crippen LogP contribution in [-0.4, -0.2) is 67.9 Å². The summed E-state index contributed by atoms with van der Waals surface area (Å²) in [5.74, 6) is 1.51. The van der Waals surface area contributed by atoms with Crippen LogP contribution < -0.4 is 15.0 Å². The number of phenols is 1. The molecule has 2 aromatic carbocycles. The standard InChI is InChI=1S/C36H33F2N7O2/c1-3-24-28(37)8-5-20-13-23(46)14-25(30(20)24)32-31(38)33-26(15-39-32)34(44-16-21-6-7-22(17-44)40-21)42-35(41-33)47-19-36-10-4-11-45(36)18-29-27(36)9-12-43(29)2/h1,5,8-9,12-15,21-22,40,46H,4,6-7,10-11,16-19H2,2H3/t21-,22+,36?. The average Bonchev–Trinajstić information content (AvgIpc) is 3.81. The van der Waals surface area contributed by atoms with Crippen molar-refractivity contribution in [2.45, 2.75) is 49.9 Å². The van der Waals surface area contributed by atoms with Gasteiger partial charge >= 0.3 is 6.01 Å². The Balaban J connectivity index is 1.19. The minimum Gasteiger partial charge on any atom is -0.508 e. The van der Waals surface area contributed by atoms with Crippen molar-refractivity contribution in [2.24, 2.45) is 7.05 Å². The summed E-state index contributed by atoms with van der Waals surface area (Å²) >= 11 is 0. The zero-order valence-corrected chi connectivity index (χ0v) is 25.9. The molecule has 0 saturated carbocycles. The molecule has 3 saturated heterocycles. The highest BCUT2D eigenvalue weighted by Crippen LogP contribution is 2.47. The minimum atomic E-state index is -0.722. The number of aromatic hydroxyl groups is 1. The lowest BCUT2D eigenvalue weighted by Crippen LogP contribution is -2.51. The van der Waals surface area contributed by atoms with Gasteiger partial charge in [0.05, 0.1) is 16.5 Å². The Morgan fingerprint density at radius 2 is 1.98 bits per heavy atom. The topological polar surface area (TPSA) is 91.6 Å². The van der Waals surface area contributed by atoms with E-state index in [9.17, 15) is 9.50 Å². The number of piperazine rings is 1. The maximum atomic E-state index is 16.9. The molecule has 2 N–H and O–H groups in total. The number of anilines is 1. The van der Waals surface area contributed by atoms with E-state index in [1.54, 1.807) is 6.20 Å². The van der Waals surface area contributed by atoms with Gasteiger partial charge in [-0.25, -0.2) is 8.78 Å². The van der Waals surface area contributed by atoms with Gasteiger partial charge in [0, 0.05) is 67.8 Å². The van der Waals surface area contributed by atoms with Gasteiger partial charge in [-0.05, 0) is 67.4 Å². The zero-order valence-electron chi connectivity index (χ0n) is 25.9. The number of nitrogens with one attached hydrogen (secondary N) is 1. The van der Waals surface area contributed by atoms with Crippen LogP contribution in [0.3, 0.4) is 0 Å². The fraction of sp³-hybridized carbons (Fsp3) is 0.361. The first kappa shape index (κ1) is 28.4. The Hall–Kier alpha value is -4.79. The van der Waals surface area contributed by atoms with Crippen molar-refractivity contribution in [3.8, 4) is 35.4 Å². The van der Waals surface area contributed by atoms with E-state index in [0.29, 0.717) is 40.7 Å². The number of aromatic nitrogens is 4. The number of benzene rings is 2. The molecule has 0 radical (unpaired) electrons. The number of terminal acetylenes is 1. The van der Waals surface area contributed by atoms with Crippen LogP contribution in [0.25, 0.3) is 32.9 Å². The van der Waals surface area contributed by atoms with Crippen molar-refractivity contribution >= 4 is 27.5 Å². The number of aryl methyl sites for hydroxylation is 1. The predicted octanol–water partition coefficient (Wildman–Crippen LogP) is 4.97. The van der Waals surface area contributed by atoms with E-state index in [-0.39, 0.29) is 39.6 Å². The van der Waals surface area contributed by atoms with Gasteiger partial charge in [-0.2, -0.15) is 9.97 Å². The first-order valence-corrected chi connectivity index (χ1v) is 16.1. The van der Waals surface area contributed by atoms with E-state index in [1.165, 1.54) is 35.5 Å². The van der Waals surface area contributed by atoms with Crippen LogP contribution in [0, 0.1) is 24.0 Å². The van der Waals surface area contributed by atoms with Gasteiger partial charge in [-0.1, -0.05) is 12.0 Å². The van der Waals surface area contributed by atoms with Gasteiger partial charge in [0.2, 0.25) is 0 Å². The highest BCUT2D eigenvalue weighted by molar-refractivity contribution is 6.03. The van der Waals surface area contributed by atoms with E-state index in [2.05, 4.69) is 54.9 Å². The molecule has 1 unspecified atom stereocenters. The molecular formula is C36H33F2N7O2. The number of pyridine rings is 1. The van der Waals surface area contributed by atoms with Crippen molar-refractivity contribution in [3.05, 3.63) is 71.2 Å². The minimum absolute atomic E-state index is 0.0280. The number of ether oxygens (including phenoxy) is 1. The van der Waals surface area contributed by atoms with Crippen LogP contribution >= 0.6 is 0 Å². The molecule has 0 aliphatic carbocycles. The number of rotatable bonds is 5. The molecule has 3 aromatic heterocycles. The van der Waals surface area contributed by atoms with E-state index in [1.807, 2.05) is 0 Å². The summed E-state index contributed by atoms with van der Waals surface area (Å²) in [5.41, 5.74) is 2.36. The van der Waals surface area contributed by atoms with E-state index >= 15 is 4.39 Å². The largest absolute Gasteiger partial charge is 0.508 e. The second kappa shape index (κ2) is 10.4. The Labute approximate surface area is 270 Å². The third kappa shape index (κ3) is 4.24. The molecule has 7 heterocycles. The van der Waals surface area contributed by atoms with E-state index in [4.69, 9.17) is 16.1 Å². The molecule has 4 aliphatic heterocycles. The smallest absolute Gasteiger partial charge is 0.319 e. The van der Waals surface area contributed by atoms with Gasteiger partial charge in [-0.3, -0.25) is 9.88 Å². The normalized spacial score (nSPS) is 23.4. The highest BCUT2D eigenvalue weighted by atomic mass is 19.1. The summed E-state index contributed by atoms with van der Waals surface area (Å²) in [5, 5.41) is 15.4. The number of phenolic OH excluding ortho intramolecular Hbond substituents is 1. The molecule has 9 nitrogen and oxygen atoms in total. The Morgan fingerprint density at radius 3 is 2.79 bits per heavy atom. The SMILES string of the molecule is C#Cc1c(F)ccc2cc(O)cc(-c3ncc4c(N5C[C@H]6CC[C@@H](C5)N6)nc(OCC56CCCN5Cc5c6ccn5C)nc4c3F)c12. The molecular weight excluding hydrogens is 600 g/mol. The van der Waals surface area contributed by atoms with E-state index < -0.39 is 11.6 Å². The summed E-state index contributed by atoms with van der Waals surface area (Å²) in [4.78, 5) is 18.8. The van der Waals surface area contributed by atoms with Gasteiger partial charge in [0.15, 0.2) is 5.82 Å². The Kier molecular flexibility index (Phi) is 6.27. The Morgan fingerprint density at radius 1 is 1.15 bits per heavy atom. The summed E-state index contributed by atoms with van der Waals surface area (Å²) < 4.78 is 40.5. The number of hydrogen-bond acceptors (Lipinski definition) is 8. The van der Waals surface area contributed by atoms with Crippen molar-refractivity contribution in [1.82, 2.24) is 29.7 Å². The van der Waals surface area contributed by atoms with Crippen LogP contribution in [0.1, 0.15) is 42.5 Å². The maximum absolute atomic E-state index is 16.9. The van der Waals surface area contributed by atoms with E-state index in [0.717, 1.165) is 51.9 Å². The molecule has 2 bridgehead atoms. The van der Waals surface area contributed by atoms with Crippen molar-refractivity contribution in [2.75, 3.05) is 31.1 Å².